The van der Waals surface area contributed by atoms with Crippen molar-refractivity contribution in [2.24, 2.45) is 23.7 Å². The maximum Gasteiger partial charge on any atom is 0.330 e. The van der Waals surface area contributed by atoms with Crippen LogP contribution in [-0.4, -0.2) is 35.7 Å². The zero-order valence-electron chi connectivity index (χ0n) is 15.5. The molecular formula is C20H30O6. The maximum absolute atomic E-state index is 12.3. The van der Waals surface area contributed by atoms with E-state index in [1.165, 1.54) is 0 Å². The molecule has 0 amide bonds. The second-order valence-electron chi connectivity index (χ2n) is 7.64. The van der Waals surface area contributed by atoms with Gasteiger partial charge in [-0.15, -0.1) is 0 Å². The number of aliphatic carboxylic acids is 1. The lowest BCUT2D eigenvalue weighted by atomic mass is 9.69. The standard InChI is InChI=1S/C20H30O6/c1-3-18(21)25-12-13(2)26-20(24)17-10-6-15(7-11-17)14-4-8-16(9-5-14)19(22)23/h3,13-17H,1,4-12H2,2H3,(H,22,23). The largest absolute Gasteiger partial charge is 0.481 e. The summed E-state index contributed by atoms with van der Waals surface area (Å²) in [5.74, 6) is -0.456. The molecule has 0 aromatic rings. The van der Waals surface area contributed by atoms with E-state index in [0.29, 0.717) is 11.8 Å². The number of rotatable bonds is 7. The predicted octanol–water partition coefficient (Wildman–Crippen LogP) is 3.34. The quantitative estimate of drug-likeness (QED) is 0.549. The van der Waals surface area contributed by atoms with Crippen LogP contribution >= 0.6 is 0 Å². The number of hydrogen-bond acceptors (Lipinski definition) is 5. The van der Waals surface area contributed by atoms with E-state index in [4.69, 9.17) is 14.6 Å². The van der Waals surface area contributed by atoms with Gasteiger partial charge in [0.2, 0.25) is 0 Å². The van der Waals surface area contributed by atoms with Crippen molar-refractivity contribution in [1.82, 2.24) is 0 Å². The molecule has 2 fully saturated rings. The fourth-order valence-corrected chi connectivity index (χ4v) is 4.25. The van der Waals surface area contributed by atoms with Crippen LogP contribution in [0.3, 0.4) is 0 Å². The lowest BCUT2D eigenvalue weighted by molar-refractivity contribution is -0.161. The molecule has 0 saturated heterocycles. The van der Waals surface area contributed by atoms with E-state index in [1.54, 1.807) is 6.92 Å². The molecule has 1 N–H and O–H groups in total. The molecule has 2 aliphatic rings. The second-order valence-corrected chi connectivity index (χ2v) is 7.64. The molecule has 2 saturated carbocycles. The molecular weight excluding hydrogens is 336 g/mol. The summed E-state index contributed by atoms with van der Waals surface area (Å²) in [6.07, 6.45) is 7.80. The third kappa shape index (κ3) is 5.85. The maximum atomic E-state index is 12.3. The van der Waals surface area contributed by atoms with Gasteiger partial charge in [0.1, 0.15) is 12.7 Å². The summed E-state index contributed by atoms with van der Waals surface area (Å²) in [7, 11) is 0. The first-order chi connectivity index (χ1) is 12.4. The summed E-state index contributed by atoms with van der Waals surface area (Å²) in [5, 5.41) is 9.10. The van der Waals surface area contributed by atoms with E-state index in [-0.39, 0.29) is 24.4 Å². The number of ether oxygens (including phenoxy) is 2. The summed E-state index contributed by atoms with van der Waals surface area (Å²) in [4.78, 5) is 34.4. The highest BCUT2D eigenvalue weighted by Gasteiger charge is 2.35. The van der Waals surface area contributed by atoms with Crippen molar-refractivity contribution in [2.75, 3.05) is 6.61 Å². The Kier molecular flexibility index (Phi) is 7.66. The first-order valence-electron chi connectivity index (χ1n) is 9.63. The van der Waals surface area contributed by atoms with Gasteiger partial charge in [-0.05, 0) is 70.1 Å². The van der Waals surface area contributed by atoms with Crippen LogP contribution in [0.15, 0.2) is 12.7 Å². The molecule has 6 heteroatoms. The van der Waals surface area contributed by atoms with Gasteiger partial charge < -0.3 is 14.6 Å². The lowest BCUT2D eigenvalue weighted by Gasteiger charge is -2.36. The van der Waals surface area contributed by atoms with Crippen molar-refractivity contribution in [2.45, 2.75) is 64.4 Å². The molecule has 0 aliphatic heterocycles. The number of carboxylic acid groups (broad SMARTS) is 1. The number of esters is 2. The minimum atomic E-state index is -0.664. The van der Waals surface area contributed by atoms with Crippen LogP contribution in [0.25, 0.3) is 0 Å². The summed E-state index contributed by atoms with van der Waals surface area (Å²) in [6, 6.07) is 0. The van der Waals surface area contributed by atoms with Crippen molar-refractivity contribution < 1.29 is 29.0 Å². The number of carboxylic acids is 1. The Labute approximate surface area is 154 Å². The third-order valence-electron chi connectivity index (χ3n) is 5.84. The Morgan fingerprint density at radius 2 is 1.50 bits per heavy atom. The topological polar surface area (TPSA) is 89.9 Å². The molecule has 0 aromatic heterocycles. The second kappa shape index (κ2) is 9.74. The molecule has 6 nitrogen and oxygen atoms in total. The molecule has 2 aliphatic carbocycles. The predicted molar refractivity (Wildman–Crippen MR) is 95.2 cm³/mol. The highest BCUT2D eigenvalue weighted by atomic mass is 16.6. The van der Waals surface area contributed by atoms with Crippen molar-refractivity contribution in [1.29, 1.82) is 0 Å². The first-order valence-corrected chi connectivity index (χ1v) is 9.63. The molecule has 0 radical (unpaired) electrons. The van der Waals surface area contributed by atoms with Crippen molar-refractivity contribution in [3.63, 3.8) is 0 Å². The fraction of sp³-hybridized carbons (Fsp3) is 0.750. The van der Waals surface area contributed by atoms with E-state index in [1.807, 2.05) is 0 Å². The molecule has 0 bridgehead atoms. The normalized spacial score (nSPS) is 30.0. The van der Waals surface area contributed by atoms with Crippen molar-refractivity contribution in [3.8, 4) is 0 Å². The molecule has 1 unspecified atom stereocenters. The Bertz CT molecular complexity index is 512. The van der Waals surface area contributed by atoms with Crippen LogP contribution in [-0.2, 0) is 23.9 Å². The average Bonchev–Trinajstić information content (AvgIpc) is 2.66. The van der Waals surface area contributed by atoms with Gasteiger partial charge in [-0.3, -0.25) is 9.59 Å². The van der Waals surface area contributed by atoms with Gasteiger partial charge in [0, 0.05) is 6.08 Å². The zero-order valence-corrected chi connectivity index (χ0v) is 15.5. The van der Waals surface area contributed by atoms with Crippen LogP contribution in [0.1, 0.15) is 58.3 Å². The van der Waals surface area contributed by atoms with E-state index in [0.717, 1.165) is 57.4 Å². The van der Waals surface area contributed by atoms with Gasteiger partial charge in [-0.2, -0.15) is 0 Å². The van der Waals surface area contributed by atoms with Gasteiger partial charge in [-0.1, -0.05) is 6.58 Å². The van der Waals surface area contributed by atoms with Gasteiger partial charge in [-0.25, -0.2) is 4.79 Å². The van der Waals surface area contributed by atoms with Crippen LogP contribution in [0.2, 0.25) is 0 Å². The third-order valence-corrected chi connectivity index (χ3v) is 5.84. The summed E-state index contributed by atoms with van der Waals surface area (Å²) < 4.78 is 10.3. The van der Waals surface area contributed by atoms with Crippen molar-refractivity contribution >= 4 is 17.9 Å². The Morgan fingerprint density at radius 3 is 1.96 bits per heavy atom. The van der Waals surface area contributed by atoms with Gasteiger partial charge in [0.05, 0.1) is 11.8 Å². The summed E-state index contributed by atoms with van der Waals surface area (Å²) in [6.45, 7) is 5.07. The molecule has 2 rings (SSSR count). The van der Waals surface area contributed by atoms with E-state index in [9.17, 15) is 14.4 Å². The van der Waals surface area contributed by atoms with E-state index >= 15 is 0 Å². The van der Waals surface area contributed by atoms with Crippen LogP contribution in [0.4, 0.5) is 0 Å². The van der Waals surface area contributed by atoms with Gasteiger partial charge in [0.25, 0.3) is 0 Å². The van der Waals surface area contributed by atoms with Crippen LogP contribution in [0, 0.1) is 23.7 Å². The monoisotopic (exact) mass is 366 g/mol. The Balaban J connectivity index is 1.69. The molecule has 0 spiro atoms. The zero-order chi connectivity index (χ0) is 19.1. The lowest BCUT2D eigenvalue weighted by Crippen LogP contribution is -2.32. The van der Waals surface area contributed by atoms with Crippen LogP contribution < -0.4 is 0 Å². The Hall–Kier alpha value is -1.85. The molecule has 0 aromatic carbocycles. The SMILES string of the molecule is C=CC(=O)OCC(C)OC(=O)C1CCC(C2CCC(C(=O)O)CC2)CC1. The minimum Gasteiger partial charge on any atom is -0.481 e. The van der Waals surface area contributed by atoms with Crippen LogP contribution in [0.5, 0.6) is 0 Å². The van der Waals surface area contributed by atoms with E-state index < -0.39 is 18.0 Å². The fourth-order valence-electron chi connectivity index (χ4n) is 4.25. The van der Waals surface area contributed by atoms with E-state index in [2.05, 4.69) is 6.58 Å². The molecule has 0 heterocycles. The average molecular weight is 366 g/mol. The summed E-state index contributed by atoms with van der Waals surface area (Å²) >= 11 is 0. The smallest absolute Gasteiger partial charge is 0.330 e. The number of carbonyl (C=O) groups is 3. The molecule has 146 valence electrons. The summed E-state index contributed by atoms with van der Waals surface area (Å²) in [5.41, 5.74) is 0. The molecule has 26 heavy (non-hydrogen) atoms. The number of hydrogen-bond donors (Lipinski definition) is 1. The highest BCUT2D eigenvalue weighted by molar-refractivity contribution is 5.81. The highest BCUT2D eigenvalue weighted by Crippen LogP contribution is 2.41. The van der Waals surface area contributed by atoms with Crippen molar-refractivity contribution in [3.05, 3.63) is 12.7 Å². The van der Waals surface area contributed by atoms with Gasteiger partial charge >= 0.3 is 17.9 Å². The minimum absolute atomic E-state index is 0.0404. The van der Waals surface area contributed by atoms with Gasteiger partial charge in [0.15, 0.2) is 0 Å². The Morgan fingerprint density at radius 1 is 1.00 bits per heavy atom. The molecule has 1 atom stereocenters. The first kappa shape index (κ1) is 20.5. The number of carbonyl (C=O) groups excluding carboxylic acids is 2.